The minimum absolute atomic E-state index is 0.105. The van der Waals surface area contributed by atoms with Crippen LogP contribution in [0.5, 0.6) is 11.5 Å². The minimum Gasteiger partial charge on any atom is -0.507 e. The summed E-state index contributed by atoms with van der Waals surface area (Å²) in [5.74, 6) is -0.500. The molecule has 0 saturated carbocycles. The number of hydrogen-bond acceptors (Lipinski definition) is 11. The first kappa shape index (κ1) is 42.2. The van der Waals surface area contributed by atoms with E-state index in [-0.39, 0.29) is 35.0 Å². The summed E-state index contributed by atoms with van der Waals surface area (Å²) in [5.41, 5.74) is 2.30. The molecule has 2 aliphatic rings. The number of fused-ring (bicyclic) bond motifs is 1. The van der Waals surface area contributed by atoms with Crippen molar-refractivity contribution in [3.8, 4) is 11.5 Å². The molecule has 2 aliphatic heterocycles. The van der Waals surface area contributed by atoms with E-state index in [0.29, 0.717) is 43.5 Å². The summed E-state index contributed by atoms with van der Waals surface area (Å²) < 4.78 is 29.5. The number of hydrogen-bond donors (Lipinski definition) is 5. The van der Waals surface area contributed by atoms with Crippen LogP contribution in [0, 0.1) is 24.2 Å². The van der Waals surface area contributed by atoms with E-state index in [2.05, 4.69) is 44.6 Å². The molecule has 0 radical (unpaired) electrons. The molecule has 3 rings (SSSR count). The highest BCUT2D eigenvalue weighted by Crippen LogP contribution is 2.46. The van der Waals surface area contributed by atoms with Crippen molar-refractivity contribution < 1.29 is 48.6 Å². The lowest BCUT2D eigenvalue weighted by Crippen LogP contribution is -2.57. The smallest absolute Gasteiger partial charge is 0.415 e. The van der Waals surface area contributed by atoms with Crippen LogP contribution in [0.2, 0.25) is 0 Å². The van der Waals surface area contributed by atoms with Crippen molar-refractivity contribution >= 4 is 17.8 Å². The number of aliphatic hydroxyl groups is 2. The molecule has 1 saturated heterocycles. The third-order valence-electron chi connectivity index (χ3n) is 10.9. The molecule has 0 aromatic heterocycles. The number of carbonyl (C=O) groups excluding carboxylic acids is 2. The summed E-state index contributed by atoms with van der Waals surface area (Å²) in [6.07, 6.45) is -4.42. The Morgan fingerprint density at radius 2 is 1.86 bits per heavy atom. The predicted molar refractivity (Wildman–Crippen MR) is 194 cm³/mol. The Hall–Kier alpha value is -3.20. The number of rotatable bonds is 16. The molecule has 2 amide bonds. The van der Waals surface area contributed by atoms with Gasteiger partial charge in [-0.2, -0.15) is 0 Å². The Bertz CT molecular complexity index is 1400. The summed E-state index contributed by atoms with van der Waals surface area (Å²) in [5, 5.41) is 39.1. The van der Waals surface area contributed by atoms with Crippen molar-refractivity contribution in [1.82, 2.24) is 15.5 Å². The standard InChI is InChI=1S/C38H61N3O10/c1-20(2)15-30(47-11)34(44)35(45)40-36(48-12)31-16-21(3)38(7,8)32(50-31)19-26(42)23(5)28-17-25-22(4)29(18-27(43)33(25)24(6)49-28)51-37(46)41(10)14-13-39-9/h18,21,23,26,28,30-32,34,36,39,42-44H,1,6,13-17,19H2,2-5,7-12H3,(H,40,45)/t21-,23?,26?,28-,30?,31+,32-,34?,36?/m1/s1. The molecule has 5 unspecified atom stereocenters. The van der Waals surface area contributed by atoms with Crippen LogP contribution < -0.4 is 15.4 Å². The molecule has 5 N–H and O–H groups in total. The highest BCUT2D eigenvalue weighted by atomic mass is 16.6. The molecule has 1 aromatic rings. The van der Waals surface area contributed by atoms with E-state index in [0.717, 1.165) is 11.1 Å². The fourth-order valence-electron chi connectivity index (χ4n) is 6.80. The molecule has 288 valence electrons. The molecule has 0 spiro atoms. The lowest BCUT2D eigenvalue weighted by atomic mass is 9.68. The zero-order chi connectivity index (χ0) is 38.4. The second-order valence-electron chi connectivity index (χ2n) is 14.9. The maximum absolute atomic E-state index is 13.1. The summed E-state index contributed by atoms with van der Waals surface area (Å²) in [6.45, 7) is 20.8. The van der Waals surface area contributed by atoms with Crippen LogP contribution in [0.3, 0.4) is 0 Å². The molecular formula is C38H61N3O10. The average Bonchev–Trinajstić information content (AvgIpc) is 3.07. The summed E-state index contributed by atoms with van der Waals surface area (Å²) in [6, 6.07) is 1.40. The van der Waals surface area contributed by atoms with Crippen LogP contribution in [0.15, 0.2) is 24.8 Å². The first-order valence-electron chi connectivity index (χ1n) is 17.7. The molecule has 51 heavy (non-hydrogen) atoms. The third kappa shape index (κ3) is 10.0. The topological polar surface area (TPSA) is 168 Å². The molecule has 0 aliphatic carbocycles. The van der Waals surface area contributed by atoms with Gasteiger partial charge in [0, 0.05) is 59.2 Å². The number of aliphatic hydroxyl groups excluding tert-OH is 2. The zero-order valence-electron chi connectivity index (χ0n) is 32.1. The molecule has 13 nitrogen and oxygen atoms in total. The van der Waals surface area contributed by atoms with Crippen molar-refractivity contribution in [2.24, 2.45) is 17.3 Å². The van der Waals surface area contributed by atoms with E-state index in [4.69, 9.17) is 23.7 Å². The molecule has 9 atom stereocenters. The van der Waals surface area contributed by atoms with Gasteiger partial charge in [-0.3, -0.25) is 4.79 Å². The second-order valence-corrected chi connectivity index (χ2v) is 14.9. The number of phenols is 1. The molecule has 1 aromatic carbocycles. The fraction of sp³-hybridized carbons (Fsp3) is 0.684. The van der Waals surface area contributed by atoms with Gasteiger partial charge in [0.25, 0.3) is 5.91 Å². The number of methoxy groups -OCH3 is 2. The van der Waals surface area contributed by atoms with Crippen LogP contribution in [0.1, 0.15) is 70.6 Å². The number of likely N-dealkylation sites (N-methyl/N-ethyl adjacent to an activating group) is 2. The van der Waals surface area contributed by atoms with Gasteiger partial charge in [-0.15, -0.1) is 6.58 Å². The van der Waals surface area contributed by atoms with Gasteiger partial charge in [-0.25, -0.2) is 4.79 Å². The quantitative estimate of drug-likeness (QED) is 0.124. The van der Waals surface area contributed by atoms with E-state index in [1.165, 1.54) is 25.2 Å². The van der Waals surface area contributed by atoms with Crippen LogP contribution >= 0.6 is 0 Å². The van der Waals surface area contributed by atoms with E-state index < -0.39 is 60.8 Å². The molecule has 0 bridgehead atoms. The lowest BCUT2D eigenvalue weighted by molar-refractivity contribution is -0.199. The van der Waals surface area contributed by atoms with Crippen molar-refractivity contribution in [3.05, 3.63) is 41.5 Å². The molecule has 13 heteroatoms. The summed E-state index contributed by atoms with van der Waals surface area (Å²) in [4.78, 5) is 27.2. The summed E-state index contributed by atoms with van der Waals surface area (Å²) >= 11 is 0. The van der Waals surface area contributed by atoms with Crippen LogP contribution in [0.4, 0.5) is 4.79 Å². The number of nitrogens with one attached hydrogen (secondary N) is 2. The van der Waals surface area contributed by atoms with Crippen molar-refractivity contribution in [2.75, 3.05) is 41.4 Å². The van der Waals surface area contributed by atoms with Crippen LogP contribution in [-0.4, -0.2) is 116 Å². The van der Waals surface area contributed by atoms with E-state index in [1.54, 1.807) is 21.0 Å². The maximum atomic E-state index is 13.1. The Kier molecular flexibility index (Phi) is 14.9. The van der Waals surface area contributed by atoms with Crippen LogP contribution in [0.25, 0.3) is 5.76 Å². The van der Waals surface area contributed by atoms with E-state index in [1.807, 2.05) is 13.8 Å². The normalized spacial score (nSPS) is 24.3. The van der Waals surface area contributed by atoms with Crippen molar-refractivity contribution in [2.45, 2.75) is 110 Å². The molecular weight excluding hydrogens is 658 g/mol. The van der Waals surface area contributed by atoms with Crippen molar-refractivity contribution in [1.29, 1.82) is 0 Å². The van der Waals surface area contributed by atoms with Gasteiger partial charge in [0.2, 0.25) is 0 Å². The second kappa shape index (κ2) is 18.0. The molecule has 2 heterocycles. The highest BCUT2D eigenvalue weighted by Gasteiger charge is 2.47. The fourth-order valence-corrected chi connectivity index (χ4v) is 6.80. The van der Waals surface area contributed by atoms with Gasteiger partial charge in [-0.1, -0.05) is 39.8 Å². The Morgan fingerprint density at radius 3 is 2.45 bits per heavy atom. The minimum atomic E-state index is -1.44. The Balaban J connectivity index is 1.76. The van der Waals surface area contributed by atoms with Crippen molar-refractivity contribution in [3.63, 3.8) is 0 Å². The van der Waals surface area contributed by atoms with Crippen LogP contribution in [-0.2, 0) is 30.2 Å². The van der Waals surface area contributed by atoms with Gasteiger partial charge >= 0.3 is 6.09 Å². The summed E-state index contributed by atoms with van der Waals surface area (Å²) in [7, 11) is 6.34. The van der Waals surface area contributed by atoms with Gasteiger partial charge in [0.05, 0.1) is 23.9 Å². The number of phenolic OH excluding ortho intramolecular Hbond substituents is 1. The first-order chi connectivity index (χ1) is 23.9. The van der Waals surface area contributed by atoms with Gasteiger partial charge in [-0.05, 0) is 56.2 Å². The number of aromatic hydroxyl groups is 1. The lowest BCUT2D eigenvalue weighted by Gasteiger charge is -2.49. The number of ether oxygens (including phenoxy) is 5. The molecule has 1 fully saturated rings. The monoisotopic (exact) mass is 719 g/mol. The number of amides is 2. The zero-order valence-corrected chi connectivity index (χ0v) is 32.1. The number of carbonyl (C=O) groups is 2. The maximum Gasteiger partial charge on any atom is 0.415 e. The van der Waals surface area contributed by atoms with Gasteiger partial charge in [0.1, 0.15) is 29.5 Å². The first-order valence-corrected chi connectivity index (χ1v) is 17.7. The SMILES string of the molecule is C=C(C)CC(OC)C(O)C(=O)NC(OC)[C@@H]1C[C@@H](C)C(C)(C)[C@@H](CC(O)C(C)[C@H]2Cc3c(C)c(OC(=O)N(C)CCNC)cc(O)c3C(=C)O2)O1. The third-order valence-corrected chi connectivity index (χ3v) is 10.9. The Labute approximate surface area is 303 Å². The van der Waals surface area contributed by atoms with E-state index in [9.17, 15) is 24.9 Å². The van der Waals surface area contributed by atoms with E-state index >= 15 is 0 Å². The Morgan fingerprint density at radius 1 is 1.20 bits per heavy atom. The number of benzene rings is 1. The average molecular weight is 720 g/mol. The van der Waals surface area contributed by atoms with Gasteiger partial charge < -0.3 is 54.5 Å². The van der Waals surface area contributed by atoms with Gasteiger partial charge in [0.15, 0.2) is 12.3 Å². The largest absolute Gasteiger partial charge is 0.507 e. The highest BCUT2D eigenvalue weighted by molar-refractivity contribution is 5.81. The predicted octanol–water partition coefficient (Wildman–Crippen LogP) is 3.90. The number of nitrogens with zero attached hydrogens (tertiary/aromatic N) is 1.